The molecule has 3 aromatic carbocycles. The third-order valence-electron chi connectivity index (χ3n) is 5.40. The smallest absolute Gasteiger partial charge is 0.244 e. The molecular formula is C25H29NO3S. The number of hydrogen-bond acceptors (Lipinski definition) is 3. The average molecular weight is 424 g/mol. The second kappa shape index (κ2) is 9.13. The highest BCUT2D eigenvalue weighted by molar-refractivity contribution is 7.89. The first-order chi connectivity index (χ1) is 14.2. The van der Waals surface area contributed by atoms with Gasteiger partial charge < -0.3 is 5.11 Å². The van der Waals surface area contributed by atoms with Gasteiger partial charge in [0.15, 0.2) is 0 Å². The van der Waals surface area contributed by atoms with Gasteiger partial charge >= 0.3 is 0 Å². The molecule has 0 fully saturated rings. The Labute approximate surface area is 179 Å². The standard InChI is InChI=1S/C25H29NO3S/c1-18-15-19(2)25(20(3)16-18)30(28,29)26(17-22-11-7-5-8-12-22)21(4)24(27)23-13-9-6-10-14-23/h5-16,21,24,27H,17H2,1-4H3/t21-,24-/m1/s1. The number of rotatable bonds is 7. The van der Waals surface area contributed by atoms with Crippen molar-refractivity contribution in [2.24, 2.45) is 0 Å². The molecular weight excluding hydrogens is 394 g/mol. The maximum absolute atomic E-state index is 13.9. The van der Waals surface area contributed by atoms with Gasteiger partial charge in [0.2, 0.25) is 10.0 Å². The molecule has 0 aliphatic carbocycles. The Hall–Kier alpha value is -2.47. The fraction of sp³-hybridized carbons (Fsp3) is 0.280. The van der Waals surface area contributed by atoms with Crippen LogP contribution in [0.3, 0.4) is 0 Å². The lowest BCUT2D eigenvalue weighted by Crippen LogP contribution is -2.42. The predicted molar refractivity (Wildman–Crippen MR) is 121 cm³/mol. The predicted octanol–water partition coefficient (Wildman–Crippen LogP) is 4.92. The number of aliphatic hydroxyl groups excluding tert-OH is 1. The number of sulfonamides is 1. The first kappa shape index (κ1) is 22.2. The fourth-order valence-corrected chi connectivity index (χ4v) is 6.03. The molecule has 0 heterocycles. The first-order valence-corrected chi connectivity index (χ1v) is 11.5. The van der Waals surface area contributed by atoms with Crippen molar-refractivity contribution in [3.63, 3.8) is 0 Å². The lowest BCUT2D eigenvalue weighted by atomic mass is 10.0. The molecule has 0 spiro atoms. The molecule has 3 aromatic rings. The van der Waals surface area contributed by atoms with Crippen LogP contribution in [0.2, 0.25) is 0 Å². The molecule has 4 nitrogen and oxygen atoms in total. The SMILES string of the molecule is Cc1cc(C)c(S(=O)(=O)N(Cc2ccccc2)[C@H](C)[C@@H](O)c2ccccc2)c(C)c1. The molecule has 3 rings (SSSR count). The van der Waals surface area contributed by atoms with Crippen molar-refractivity contribution >= 4 is 10.0 Å². The van der Waals surface area contributed by atoms with E-state index in [0.29, 0.717) is 21.6 Å². The van der Waals surface area contributed by atoms with E-state index < -0.39 is 22.2 Å². The van der Waals surface area contributed by atoms with Gasteiger partial charge in [0.25, 0.3) is 0 Å². The summed E-state index contributed by atoms with van der Waals surface area (Å²) in [5, 5.41) is 11.0. The molecule has 158 valence electrons. The normalized spacial score (nSPS) is 13.9. The third-order valence-corrected chi connectivity index (χ3v) is 7.64. The van der Waals surface area contributed by atoms with Gasteiger partial charge in [-0.1, -0.05) is 78.4 Å². The van der Waals surface area contributed by atoms with Crippen LogP contribution in [0.25, 0.3) is 0 Å². The van der Waals surface area contributed by atoms with Crippen LogP contribution >= 0.6 is 0 Å². The van der Waals surface area contributed by atoms with Crippen LogP contribution in [0.4, 0.5) is 0 Å². The Morgan fingerprint density at radius 2 is 1.37 bits per heavy atom. The van der Waals surface area contributed by atoms with Crippen molar-refractivity contribution in [3.8, 4) is 0 Å². The molecule has 0 aliphatic heterocycles. The van der Waals surface area contributed by atoms with E-state index in [1.807, 2.05) is 93.6 Å². The van der Waals surface area contributed by atoms with Gasteiger partial charge in [-0.05, 0) is 49.9 Å². The van der Waals surface area contributed by atoms with Crippen LogP contribution in [-0.4, -0.2) is 23.9 Å². The fourth-order valence-electron chi connectivity index (χ4n) is 3.99. The van der Waals surface area contributed by atoms with Crippen molar-refractivity contribution in [2.45, 2.75) is 51.3 Å². The van der Waals surface area contributed by atoms with Crippen LogP contribution in [-0.2, 0) is 16.6 Å². The van der Waals surface area contributed by atoms with E-state index in [0.717, 1.165) is 11.1 Å². The van der Waals surface area contributed by atoms with Gasteiger partial charge in [-0.25, -0.2) is 8.42 Å². The zero-order valence-electron chi connectivity index (χ0n) is 17.9. The quantitative estimate of drug-likeness (QED) is 0.586. The topological polar surface area (TPSA) is 57.6 Å². The summed E-state index contributed by atoms with van der Waals surface area (Å²) in [4.78, 5) is 0.316. The van der Waals surface area contributed by atoms with E-state index in [4.69, 9.17) is 0 Å². The van der Waals surface area contributed by atoms with Gasteiger partial charge in [0.05, 0.1) is 17.0 Å². The molecule has 0 unspecified atom stereocenters. The van der Waals surface area contributed by atoms with Crippen LogP contribution in [0.1, 0.15) is 40.8 Å². The summed E-state index contributed by atoms with van der Waals surface area (Å²) in [6.07, 6.45) is -0.948. The van der Waals surface area contributed by atoms with Crippen molar-refractivity contribution in [1.29, 1.82) is 0 Å². The number of aryl methyl sites for hydroxylation is 3. The van der Waals surface area contributed by atoms with E-state index in [-0.39, 0.29) is 6.54 Å². The van der Waals surface area contributed by atoms with Crippen LogP contribution in [0, 0.1) is 20.8 Å². The van der Waals surface area contributed by atoms with E-state index in [9.17, 15) is 13.5 Å². The summed E-state index contributed by atoms with van der Waals surface area (Å²) in [6, 6.07) is 21.8. The van der Waals surface area contributed by atoms with Crippen molar-refractivity contribution in [2.75, 3.05) is 0 Å². The summed E-state index contributed by atoms with van der Waals surface area (Å²) >= 11 is 0. The van der Waals surface area contributed by atoms with Gasteiger partial charge in [0.1, 0.15) is 0 Å². The van der Waals surface area contributed by atoms with Crippen LogP contribution in [0.15, 0.2) is 77.7 Å². The maximum atomic E-state index is 13.9. The Balaban J connectivity index is 2.09. The van der Waals surface area contributed by atoms with Crippen LogP contribution in [0.5, 0.6) is 0 Å². The molecule has 5 heteroatoms. The molecule has 0 bridgehead atoms. The van der Waals surface area contributed by atoms with E-state index in [2.05, 4.69) is 0 Å². The van der Waals surface area contributed by atoms with E-state index in [1.54, 1.807) is 6.92 Å². The van der Waals surface area contributed by atoms with Crippen molar-refractivity contribution in [1.82, 2.24) is 4.31 Å². The maximum Gasteiger partial charge on any atom is 0.244 e. The van der Waals surface area contributed by atoms with Gasteiger partial charge in [0, 0.05) is 6.54 Å². The second-order valence-corrected chi connectivity index (χ2v) is 9.69. The molecule has 30 heavy (non-hydrogen) atoms. The second-order valence-electron chi connectivity index (χ2n) is 7.86. The Bertz CT molecular complexity index is 1070. The molecule has 0 saturated heterocycles. The zero-order chi connectivity index (χ0) is 21.9. The first-order valence-electron chi connectivity index (χ1n) is 10.1. The highest BCUT2D eigenvalue weighted by Gasteiger charge is 2.35. The van der Waals surface area contributed by atoms with Gasteiger partial charge in [-0.3, -0.25) is 0 Å². The average Bonchev–Trinajstić information content (AvgIpc) is 2.71. The molecule has 0 radical (unpaired) electrons. The zero-order valence-corrected chi connectivity index (χ0v) is 18.7. The lowest BCUT2D eigenvalue weighted by Gasteiger charge is -2.33. The third kappa shape index (κ3) is 4.64. The minimum atomic E-state index is -3.86. The molecule has 0 amide bonds. The Kier molecular flexibility index (Phi) is 6.76. The number of benzene rings is 3. The largest absolute Gasteiger partial charge is 0.387 e. The number of hydrogen-bond donors (Lipinski definition) is 1. The molecule has 0 aliphatic rings. The van der Waals surface area contributed by atoms with E-state index in [1.165, 1.54) is 4.31 Å². The summed E-state index contributed by atoms with van der Waals surface area (Å²) < 4.78 is 29.2. The minimum absolute atomic E-state index is 0.182. The molecule has 1 N–H and O–H groups in total. The van der Waals surface area contributed by atoms with Gasteiger partial charge in [-0.15, -0.1) is 0 Å². The van der Waals surface area contributed by atoms with Crippen molar-refractivity contribution in [3.05, 3.63) is 101 Å². The highest BCUT2D eigenvalue weighted by atomic mass is 32.2. The summed E-state index contributed by atoms with van der Waals surface area (Å²) in [5.74, 6) is 0. The Morgan fingerprint density at radius 1 is 0.867 bits per heavy atom. The highest BCUT2D eigenvalue weighted by Crippen LogP contribution is 2.31. The monoisotopic (exact) mass is 423 g/mol. The van der Waals surface area contributed by atoms with Crippen molar-refractivity contribution < 1.29 is 13.5 Å². The summed E-state index contributed by atoms with van der Waals surface area (Å²) in [5.41, 5.74) is 4.01. The number of nitrogens with zero attached hydrogens (tertiary/aromatic N) is 1. The summed E-state index contributed by atoms with van der Waals surface area (Å²) in [7, 11) is -3.86. The van der Waals surface area contributed by atoms with E-state index >= 15 is 0 Å². The minimum Gasteiger partial charge on any atom is -0.387 e. The summed E-state index contributed by atoms with van der Waals surface area (Å²) in [6.45, 7) is 7.55. The molecule has 0 aromatic heterocycles. The number of aliphatic hydroxyl groups is 1. The molecule has 0 saturated carbocycles. The van der Waals surface area contributed by atoms with Gasteiger partial charge in [-0.2, -0.15) is 4.31 Å². The van der Waals surface area contributed by atoms with Crippen LogP contribution < -0.4 is 0 Å². The lowest BCUT2D eigenvalue weighted by molar-refractivity contribution is 0.0960. The Morgan fingerprint density at radius 3 is 1.90 bits per heavy atom. The molecule has 2 atom stereocenters.